The van der Waals surface area contributed by atoms with Gasteiger partial charge in [-0.1, -0.05) is 0 Å². The smallest absolute Gasteiger partial charge is 0.203 e. The van der Waals surface area contributed by atoms with Crippen LogP contribution >= 0.6 is 0 Å². The molecule has 0 aliphatic carbocycles. The molecule has 0 amide bonds. The average Bonchev–Trinajstić information content (AvgIpc) is 2.93. The molecule has 2 unspecified atom stereocenters. The molecule has 1 aromatic rings. The van der Waals surface area contributed by atoms with Gasteiger partial charge in [-0.2, -0.15) is 0 Å². The van der Waals surface area contributed by atoms with E-state index < -0.39 is 0 Å². The minimum absolute atomic E-state index is 0.256. The Hall–Kier alpha value is -1.50. The van der Waals surface area contributed by atoms with Gasteiger partial charge in [-0.25, -0.2) is 0 Å². The second-order valence-corrected chi connectivity index (χ2v) is 5.38. The summed E-state index contributed by atoms with van der Waals surface area (Å²) < 4.78 is 16.4. The third-order valence-corrected chi connectivity index (χ3v) is 3.85. The molecule has 0 radical (unpaired) electrons. The summed E-state index contributed by atoms with van der Waals surface area (Å²) in [5.74, 6) is 2.22. The number of hydrogen-bond donors (Lipinski definition) is 3. The monoisotopic (exact) mass is 310 g/mol. The van der Waals surface area contributed by atoms with Crippen molar-refractivity contribution >= 4 is 0 Å². The van der Waals surface area contributed by atoms with Crippen LogP contribution in [0.15, 0.2) is 12.1 Å². The molecule has 2 atom stereocenters. The van der Waals surface area contributed by atoms with Crippen LogP contribution < -0.4 is 24.8 Å². The van der Waals surface area contributed by atoms with E-state index in [1.54, 1.807) is 14.2 Å². The number of methoxy groups -OCH3 is 2. The van der Waals surface area contributed by atoms with Crippen LogP contribution in [-0.4, -0.2) is 51.7 Å². The number of aliphatic hydroxyl groups is 1. The van der Waals surface area contributed by atoms with E-state index in [0.29, 0.717) is 36.9 Å². The van der Waals surface area contributed by atoms with Crippen LogP contribution in [0.4, 0.5) is 0 Å². The van der Waals surface area contributed by atoms with Gasteiger partial charge in [-0.15, -0.1) is 0 Å². The molecule has 1 aliphatic heterocycles. The van der Waals surface area contributed by atoms with Gasteiger partial charge in [0.1, 0.15) is 0 Å². The largest absolute Gasteiger partial charge is 0.493 e. The quantitative estimate of drug-likeness (QED) is 0.659. The van der Waals surface area contributed by atoms with E-state index in [0.717, 1.165) is 18.7 Å². The van der Waals surface area contributed by atoms with Gasteiger partial charge < -0.3 is 30.0 Å². The summed E-state index contributed by atoms with van der Waals surface area (Å²) in [6.07, 6.45) is -0.267. The number of benzene rings is 1. The minimum atomic E-state index is -0.267. The first-order chi connectivity index (χ1) is 10.7. The molecule has 124 valence electrons. The predicted molar refractivity (Wildman–Crippen MR) is 84.8 cm³/mol. The third kappa shape index (κ3) is 4.03. The van der Waals surface area contributed by atoms with E-state index in [1.807, 2.05) is 19.1 Å². The van der Waals surface area contributed by atoms with Gasteiger partial charge >= 0.3 is 0 Å². The lowest BCUT2D eigenvalue weighted by Gasteiger charge is -2.17. The van der Waals surface area contributed by atoms with E-state index >= 15 is 0 Å². The lowest BCUT2D eigenvalue weighted by atomic mass is 10.1. The maximum absolute atomic E-state index is 9.79. The molecule has 6 heteroatoms. The van der Waals surface area contributed by atoms with Gasteiger partial charge in [-0.3, -0.25) is 0 Å². The third-order valence-electron chi connectivity index (χ3n) is 3.85. The first kappa shape index (κ1) is 16.9. The van der Waals surface area contributed by atoms with Crippen molar-refractivity contribution in [1.29, 1.82) is 0 Å². The molecule has 1 aromatic carbocycles. The summed E-state index contributed by atoms with van der Waals surface area (Å²) in [6.45, 7) is 5.46. The number of aliphatic hydroxyl groups excluding tert-OH is 1. The fourth-order valence-corrected chi connectivity index (χ4v) is 2.65. The highest BCUT2D eigenvalue weighted by molar-refractivity contribution is 5.53. The molecule has 1 saturated heterocycles. The SMILES string of the molecule is CCOc1c(OC)cc(CNCC2CNCC2O)cc1OC. The topological polar surface area (TPSA) is 72.0 Å². The minimum Gasteiger partial charge on any atom is -0.493 e. The van der Waals surface area contributed by atoms with Crippen LogP contribution in [-0.2, 0) is 6.54 Å². The van der Waals surface area contributed by atoms with Crippen molar-refractivity contribution in [3.63, 3.8) is 0 Å². The number of ether oxygens (including phenoxy) is 3. The molecule has 0 spiro atoms. The molecule has 22 heavy (non-hydrogen) atoms. The number of rotatable bonds is 8. The molecule has 1 heterocycles. The molecule has 0 aromatic heterocycles. The number of nitrogens with one attached hydrogen (secondary N) is 2. The van der Waals surface area contributed by atoms with Gasteiger partial charge in [-0.05, 0) is 24.6 Å². The van der Waals surface area contributed by atoms with Crippen molar-refractivity contribution in [3.05, 3.63) is 17.7 Å². The van der Waals surface area contributed by atoms with Crippen LogP contribution in [0.1, 0.15) is 12.5 Å². The van der Waals surface area contributed by atoms with Crippen LogP contribution in [0.3, 0.4) is 0 Å². The molecule has 6 nitrogen and oxygen atoms in total. The van der Waals surface area contributed by atoms with Crippen molar-refractivity contribution in [2.75, 3.05) is 40.5 Å². The second-order valence-electron chi connectivity index (χ2n) is 5.38. The zero-order valence-corrected chi connectivity index (χ0v) is 13.5. The lowest BCUT2D eigenvalue weighted by Crippen LogP contribution is -2.30. The first-order valence-corrected chi connectivity index (χ1v) is 7.66. The second kappa shape index (κ2) is 8.22. The van der Waals surface area contributed by atoms with Crippen molar-refractivity contribution in [2.24, 2.45) is 5.92 Å². The van der Waals surface area contributed by atoms with E-state index in [2.05, 4.69) is 10.6 Å². The van der Waals surface area contributed by atoms with Gasteiger partial charge in [0, 0.05) is 32.1 Å². The lowest BCUT2D eigenvalue weighted by molar-refractivity contribution is 0.146. The van der Waals surface area contributed by atoms with E-state index in [4.69, 9.17) is 14.2 Å². The first-order valence-electron chi connectivity index (χ1n) is 7.66. The highest BCUT2D eigenvalue weighted by Gasteiger charge is 2.24. The molecule has 1 aliphatic rings. The predicted octanol–water partition coefficient (Wildman–Crippen LogP) is 0.772. The molecule has 1 fully saturated rings. The molecule has 3 N–H and O–H groups in total. The Morgan fingerprint density at radius 2 is 1.91 bits per heavy atom. The van der Waals surface area contributed by atoms with Gasteiger partial charge in [0.2, 0.25) is 5.75 Å². The van der Waals surface area contributed by atoms with E-state index in [9.17, 15) is 5.11 Å². The molecular formula is C16H26N2O4. The summed E-state index contributed by atoms with van der Waals surface area (Å²) in [5.41, 5.74) is 1.05. The highest BCUT2D eigenvalue weighted by Crippen LogP contribution is 2.38. The van der Waals surface area contributed by atoms with Crippen molar-refractivity contribution in [3.8, 4) is 17.2 Å². The normalized spacial score (nSPS) is 20.9. The summed E-state index contributed by atoms with van der Waals surface area (Å²) in [5, 5.41) is 16.3. The van der Waals surface area contributed by atoms with Crippen molar-refractivity contribution < 1.29 is 19.3 Å². The highest BCUT2D eigenvalue weighted by atomic mass is 16.5. The molecule has 0 bridgehead atoms. The zero-order chi connectivity index (χ0) is 15.9. The van der Waals surface area contributed by atoms with Gasteiger partial charge in [0.15, 0.2) is 11.5 Å². The fraction of sp³-hybridized carbons (Fsp3) is 0.625. The Bertz CT molecular complexity index is 456. The molecule has 0 saturated carbocycles. The Labute approximate surface area is 131 Å². The Morgan fingerprint density at radius 3 is 2.41 bits per heavy atom. The molecular weight excluding hydrogens is 284 g/mol. The Morgan fingerprint density at radius 1 is 1.23 bits per heavy atom. The standard InChI is InChI=1S/C16H26N2O4/c1-4-22-16-14(20-2)5-11(6-15(16)21-3)7-17-8-12-9-18-10-13(12)19/h5-6,12-13,17-19H,4,7-10H2,1-3H3. The van der Waals surface area contributed by atoms with E-state index in [1.165, 1.54) is 0 Å². The van der Waals surface area contributed by atoms with Crippen LogP contribution in [0.2, 0.25) is 0 Å². The van der Waals surface area contributed by atoms with Crippen LogP contribution in [0.25, 0.3) is 0 Å². The van der Waals surface area contributed by atoms with E-state index in [-0.39, 0.29) is 12.0 Å². The maximum atomic E-state index is 9.79. The summed E-state index contributed by atoms with van der Waals surface area (Å²) in [7, 11) is 3.24. The number of β-amino-alcohol motifs (C(OH)–C–C–N with tert-alkyl or cyclic N) is 1. The Kier molecular flexibility index (Phi) is 6.30. The maximum Gasteiger partial charge on any atom is 0.203 e. The van der Waals surface area contributed by atoms with Crippen molar-refractivity contribution in [2.45, 2.75) is 19.6 Å². The summed E-state index contributed by atoms with van der Waals surface area (Å²) in [4.78, 5) is 0. The zero-order valence-electron chi connectivity index (χ0n) is 13.5. The van der Waals surface area contributed by atoms with Gasteiger partial charge in [0.25, 0.3) is 0 Å². The number of hydrogen-bond acceptors (Lipinski definition) is 6. The van der Waals surface area contributed by atoms with Gasteiger partial charge in [0.05, 0.1) is 26.9 Å². The van der Waals surface area contributed by atoms with Crippen molar-refractivity contribution in [1.82, 2.24) is 10.6 Å². The van der Waals surface area contributed by atoms with Crippen LogP contribution in [0.5, 0.6) is 17.2 Å². The fourth-order valence-electron chi connectivity index (χ4n) is 2.65. The Balaban J connectivity index is 2.01. The molecule has 2 rings (SSSR count). The average molecular weight is 310 g/mol. The summed E-state index contributed by atoms with van der Waals surface area (Å²) >= 11 is 0. The summed E-state index contributed by atoms with van der Waals surface area (Å²) in [6, 6.07) is 3.90. The van der Waals surface area contributed by atoms with Crippen LogP contribution in [0, 0.1) is 5.92 Å².